The van der Waals surface area contributed by atoms with Crippen LogP contribution in [0.5, 0.6) is 0 Å². The number of benzene rings is 2. The number of carboxylic acids is 1. The molecule has 3 rings (SSSR count). The normalized spacial score (nSPS) is 13.4. The van der Waals surface area contributed by atoms with Crippen molar-refractivity contribution in [3.05, 3.63) is 71.3 Å². The van der Waals surface area contributed by atoms with Gasteiger partial charge >= 0.3 is 12.0 Å². The van der Waals surface area contributed by atoms with Crippen LogP contribution in [0.2, 0.25) is 0 Å². The first-order chi connectivity index (χ1) is 16.0. The number of hydrogen-bond acceptors (Lipinski definition) is 4. The summed E-state index contributed by atoms with van der Waals surface area (Å²) in [6, 6.07) is 14.6. The molecule has 0 aromatic heterocycles. The maximum atomic E-state index is 13.1. The summed E-state index contributed by atoms with van der Waals surface area (Å²) in [6.07, 6.45) is 2.93. The van der Waals surface area contributed by atoms with Crippen LogP contribution in [0.1, 0.15) is 47.7 Å². The molecule has 172 valence electrons. The molecule has 7 heteroatoms. The first-order valence-electron chi connectivity index (χ1n) is 11.1. The van der Waals surface area contributed by atoms with E-state index in [1.807, 2.05) is 37.3 Å². The van der Waals surface area contributed by atoms with Crippen molar-refractivity contribution in [1.29, 1.82) is 0 Å². The number of nitrogens with one attached hydrogen (secondary N) is 1. The summed E-state index contributed by atoms with van der Waals surface area (Å²) >= 11 is 1.52. The van der Waals surface area contributed by atoms with Crippen LogP contribution in [0.3, 0.4) is 0 Å². The lowest BCUT2D eigenvalue weighted by atomic mass is 10.1. The van der Waals surface area contributed by atoms with Crippen molar-refractivity contribution in [2.75, 3.05) is 18.1 Å². The minimum atomic E-state index is -1.10. The number of thioether (sulfide) groups is 1. The molecular weight excluding hydrogens is 436 g/mol. The Bertz CT molecular complexity index is 1040. The van der Waals surface area contributed by atoms with Crippen molar-refractivity contribution in [3.8, 4) is 11.8 Å². The van der Waals surface area contributed by atoms with Gasteiger partial charge < -0.3 is 10.4 Å². The molecule has 0 unspecified atom stereocenters. The van der Waals surface area contributed by atoms with Crippen molar-refractivity contribution in [1.82, 2.24) is 10.2 Å². The smallest absolute Gasteiger partial charge is 0.327 e. The maximum absolute atomic E-state index is 13.1. The van der Waals surface area contributed by atoms with Crippen molar-refractivity contribution in [2.45, 2.75) is 32.2 Å². The monoisotopic (exact) mass is 464 g/mol. The first-order valence-corrected chi connectivity index (χ1v) is 12.2. The highest BCUT2D eigenvalue weighted by molar-refractivity contribution is 7.99. The third-order valence-electron chi connectivity index (χ3n) is 5.10. The second-order valence-corrected chi connectivity index (χ2v) is 9.05. The van der Waals surface area contributed by atoms with Gasteiger partial charge in [0, 0.05) is 29.0 Å². The SMILES string of the molecule is CCCN(C(=O)N[C@@H](CSCC1CC1)C(=O)O)C(=O)c1cccc(C#Cc2ccccc2)c1. The van der Waals surface area contributed by atoms with Crippen LogP contribution in [0, 0.1) is 17.8 Å². The van der Waals surface area contributed by atoms with Gasteiger partial charge in [-0.2, -0.15) is 11.8 Å². The predicted octanol–water partition coefficient (Wildman–Crippen LogP) is 4.24. The van der Waals surface area contributed by atoms with Crippen LogP contribution in [0.15, 0.2) is 54.6 Å². The number of rotatable bonds is 9. The summed E-state index contributed by atoms with van der Waals surface area (Å²) < 4.78 is 0. The van der Waals surface area contributed by atoms with Crippen LogP contribution < -0.4 is 5.32 Å². The minimum Gasteiger partial charge on any atom is -0.480 e. The van der Waals surface area contributed by atoms with Gasteiger partial charge in [-0.15, -0.1) is 0 Å². The fourth-order valence-corrected chi connectivity index (χ4v) is 4.37. The van der Waals surface area contributed by atoms with Crippen LogP contribution in [-0.2, 0) is 4.79 Å². The predicted molar refractivity (Wildman–Crippen MR) is 130 cm³/mol. The molecule has 2 aromatic carbocycles. The third-order valence-corrected chi connectivity index (χ3v) is 6.38. The number of carboxylic acid groups (broad SMARTS) is 1. The highest BCUT2D eigenvalue weighted by atomic mass is 32.2. The van der Waals surface area contributed by atoms with Crippen molar-refractivity contribution < 1.29 is 19.5 Å². The molecule has 33 heavy (non-hydrogen) atoms. The Kier molecular flexibility index (Phi) is 8.96. The maximum Gasteiger partial charge on any atom is 0.327 e. The van der Waals surface area contributed by atoms with Gasteiger partial charge in [0.2, 0.25) is 0 Å². The lowest BCUT2D eigenvalue weighted by molar-refractivity contribution is -0.138. The van der Waals surface area contributed by atoms with E-state index in [2.05, 4.69) is 17.2 Å². The van der Waals surface area contributed by atoms with Crippen molar-refractivity contribution in [2.24, 2.45) is 5.92 Å². The van der Waals surface area contributed by atoms with Gasteiger partial charge in [-0.3, -0.25) is 9.69 Å². The highest BCUT2D eigenvalue weighted by Crippen LogP contribution is 2.32. The molecule has 1 aliphatic rings. The van der Waals surface area contributed by atoms with Gasteiger partial charge in [0.05, 0.1) is 0 Å². The molecule has 0 radical (unpaired) electrons. The van der Waals surface area contributed by atoms with Crippen LogP contribution in [-0.4, -0.2) is 52.0 Å². The number of aliphatic carboxylic acids is 1. The highest BCUT2D eigenvalue weighted by Gasteiger charge is 2.28. The van der Waals surface area contributed by atoms with Gasteiger partial charge in [0.1, 0.15) is 6.04 Å². The Hall–Kier alpha value is -3.24. The van der Waals surface area contributed by atoms with Crippen LogP contribution in [0.25, 0.3) is 0 Å². The number of hydrogen-bond donors (Lipinski definition) is 2. The fourth-order valence-electron chi connectivity index (χ4n) is 3.11. The second-order valence-electron chi connectivity index (χ2n) is 7.97. The van der Waals surface area contributed by atoms with E-state index in [1.165, 1.54) is 24.6 Å². The molecule has 2 N–H and O–H groups in total. The molecule has 0 heterocycles. The topological polar surface area (TPSA) is 86.7 Å². The van der Waals surface area contributed by atoms with Crippen molar-refractivity contribution >= 4 is 29.7 Å². The summed E-state index contributed by atoms with van der Waals surface area (Å²) in [4.78, 5) is 38.7. The molecule has 0 saturated heterocycles. The van der Waals surface area contributed by atoms with E-state index < -0.39 is 23.9 Å². The number of nitrogens with zero attached hydrogens (tertiary/aromatic N) is 1. The molecule has 1 saturated carbocycles. The summed E-state index contributed by atoms with van der Waals surface area (Å²) in [6.45, 7) is 2.04. The second kappa shape index (κ2) is 12.1. The van der Waals surface area contributed by atoms with E-state index in [9.17, 15) is 19.5 Å². The summed E-state index contributed by atoms with van der Waals surface area (Å²) in [5, 5.41) is 12.0. The number of carbonyl (C=O) groups is 3. The molecule has 0 bridgehead atoms. The minimum absolute atomic E-state index is 0.187. The summed E-state index contributed by atoms with van der Waals surface area (Å²) in [5.74, 6) is 6.34. The van der Waals surface area contributed by atoms with Gasteiger partial charge in [0.15, 0.2) is 0 Å². The largest absolute Gasteiger partial charge is 0.480 e. The molecule has 1 aliphatic carbocycles. The summed E-state index contributed by atoms with van der Waals surface area (Å²) in [5.41, 5.74) is 1.84. The standard InChI is InChI=1S/C26H28N2O4S/c1-2-15-28(26(32)27-23(25(30)31)18-33-17-21-13-14-21)24(29)22-10-6-9-20(16-22)12-11-19-7-4-3-5-8-19/h3-10,16,21,23H,2,13-15,17-18H2,1H3,(H,27,32)(H,30,31)/t23-/m0/s1. The van der Waals surface area contributed by atoms with E-state index in [1.54, 1.807) is 24.3 Å². The molecule has 6 nitrogen and oxygen atoms in total. The van der Waals surface area contributed by atoms with E-state index >= 15 is 0 Å². The molecular formula is C26H28N2O4S. The zero-order valence-electron chi connectivity index (χ0n) is 18.6. The van der Waals surface area contributed by atoms with E-state index in [0.29, 0.717) is 23.5 Å². The molecule has 0 spiro atoms. The Balaban J connectivity index is 1.69. The van der Waals surface area contributed by atoms with Gasteiger partial charge in [-0.05, 0) is 61.3 Å². The van der Waals surface area contributed by atoms with E-state index in [-0.39, 0.29) is 12.3 Å². The van der Waals surface area contributed by atoms with Gasteiger partial charge in [-0.25, -0.2) is 9.59 Å². The summed E-state index contributed by atoms with van der Waals surface area (Å²) in [7, 11) is 0. The first kappa shape index (κ1) is 24.4. The molecule has 0 aliphatic heterocycles. The van der Waals surface area contributed by atoms with Crippen LogP contribution in [0.4, 0.5) is 4.79 Å². The Labute approximate surface area is 198 Å². The average Bonchev–Trinajstić information content (AvgIpc) is 3.65. The van der Waals surface area contributed by atoms with Gasteiger partial charge in [0.25, 0.3) is 5.91 Å². The molecule has 2 aromatic rings. The average molecular weight is 465 g/mol. The third kappa shape index (κ3) is 7.69. The quantitative estimate of drug-likeness (QED) is 0.542. The zero-order chi connectivity index (χ0) is 23.6. The number of imide groups is 1. The van der Waals surface area contributed by atoms with Crippen molar-refractivity contribution in [3.63, 3.8) is 0 Å². The zero-order valence-corrected chi connectivity index (χ0v) is 19.4. The van der Waals surface area contributed by atoms with Crippen LogP contribution >= 0.6 is 11.8 Å². The Morgan fingerprint density at radius 3 is 2.45 bits per heavy atom. The van der Waals surface area contributed by atoms with Gasteiger partial charge in [-0.1, -0.05) is 43.0 Å². The number of carbonyl (C=O) groups excluding carboxylic acids is 2. The molecule has 3 amide bonds. The molecule has 1 fully saturated rings. The lowest BCUT2D eigenvalue weighted by Crippen LogP contribution is -2.51. The Morgan fingerprint density at radius 1 is 1.09 bits per heavy atom. The number of amides is 3. The lowest BCUT2D eigenvalue weighted by Gasteiger charge is -2.23. The molecule has 1 atom stereocenters. The Morgan fingerprint density at radius 2 is 1.79 bits per heavy atom. The number of urea groups is 1. The van der Waals surface area contributed by atoms with E-state index in [0.717, 1.165) is 16.2 Å². The fraction of sp³-hybridized carbons (Fsp3) is 0.346. The van der Waals surface area contributed by atoms with E-state index in [4.69, 9.17) is 0 Å².